The summed E-state index contributed by atoms with van der Waals surface area (Å²) in [6.45, 7) is 6.25. The summed E-state index contributed by atoms with van der Waals surface area (Å²) in [7, 11) is -3.40. The minimum absolute atomic E-state index is 0.0141. The van der Waals surface area contributed by atoms with Crippen LogP contribution < -0.4 is 5.32 Å². The summed E-state index contributed by atoms with van der Waals surface area (Å²) in [5.41, 5.74) is 1.99. The number of carbonyl (C=O) groups excluding carboxylic acids is 1. The number of benzene rings is 2. The van der Waals surface area contributed by atoms with E-state index in [1.807, 2.05) is 24.3 Å². The topological polar surface area (TPSA) is 69.7 Å². The van der Waals surface area contributed by atoms with Gasteiger partial charge in [0, 0.05) is 31.9 Å². The van der Waals surface area contributed by atoms with Crippen LogP contribution in [0.3, 0.4) is 0 Å². The van der Waals surface area contributed by atoms with Crippen molar-refractivity contribution in [2.24, 2.45) is 0 Å². The second-order valence-corrected chi connectivity index (χ2v) is 9.91. The fraction of sp³-hybridized carbons (Fsp3) is 0.435. The lowest BCUT2D eigenvalue weighted by Gasteiger charge is -2.34. The molecule has 0 spiro atoms. The van der Waals surface area contributed by atoms with Crippen molar-refractivity contribution >= 4 is 21.4 Å². The van der Waals surface area contributed by atoms with Crippen LogP contribution in [0.4, 0.5) is 10.1 Å². The molecule has 2 aromatic rings. The number of amides is 1. The first kappa shape index (κ1) is 23.4. The summed E-state index contributed by atoms with van der Waals surface area (Å²) in [4.78, 5) is 16.9. The van der Waals surface area contributed by atoms with Crippen molar-refractivity contribution in [3.8, 4) is 0 Å². The number of nitrogens with zero attached hydrogens (tertiary/aromatic N) is 2. The fourth-order valence-corrected chi connectivity index (χ4v) is 5.05. The van der Waals surface area contributed by atoms with E-state index in [1.54, 1.807) is 0 Å². The summed E-state index contributed by atoms with van der Waals surface area (Å²) in [5, 5.41) is 3.01. The molecule has 1 saturated heterocycles. The molecule has 31 heavy (non-hydrogen) atoms. The average molecular weight is 448 g/mol. The number of sulfone groups is 1. The predicted octanol–water partition coefficient (Wildman–Crippen LogP) is 2.81. The highest BCUT2D eigenvalue weighted by molar-refractivity contribution is 7.91. The Morgan fingerprint density at radius 2 is 1.65 bits per heavy atom. The molecule has 1 heterocycles. The van der Waals surface area contributed by atoms with Crippen molar-refractivity contribution in [1.29, 1.82) is 0 Å². The molecule has 0 bridgehead atoms. The van der Waals surface area contributed by atoms with Gasteiger partial charge in [0.25, 0.3) is 0 Å². The average Bonchev–Trinajstić information content (AvgIpc) is 2.75. The van der Waals surface area contributed by atoms with E-state index in [0.717, 1.165) is 43.9 Å². The largest absolute Gasteiger partial charge is 0.325 e. The molecule has 0 aromatic heterocycles. The number of anilines is 1. The summed E-state index contributed by atoms with van der Waals surface area (Å²) < 4.78 is 37.7. The van der Waals surface area contributed by atoms with Gasteiger partial charge < -0.3 is 10.2 Å². The van der Waals surface area contributed by atoms with Gasteiger partial charge in [-0.2, -0.15) is 0 Å². The number of piperazine rings is 1. The third-order valence-corrected chi connectivity index (χ3v) is 7.38. The minimum Gasteiger partial charge on any atom is -0.325 e. The molecule has 0 unspecified atom stereocenters. The molecule has 1 N–H and O–H groups in total. The summed E-state index contributed by atoms with van der Waals surface area (Å²) in [5.74, 6) is -0.419. The third kappa shape index (κ3) is 6.85. The highest BCUT2D eigenvalue weighted by Gasteiger charge is 2.20. The molecule has 1 aliphatic heterocycles. The first-order valence-electron chi connectivity index (χ1n) is 10.7. The molecule has 0 radical (unpaired) electrons. The standard InChI is InChI=1S/C23H30FN3O3S/c1-2-19-6-3-4-7-22(19)25-23(28)18-27-15-13-26(14-16-27)12-5-17-31(29,30)21-10-8-20(24)9-11-21/h3-4,6-11H,2,5,12-18H2,1H3,(H,25,28). The highest BCUT2D eigenvalue weighted by atomic mass is 32.2. The van der Waals surface area contributed by atoms with E-state index in [9.17, 15) is 17.6 Å². The molecule has 0 saturated carbocycles. The second-order valence-electron chi connectivity index (χ2n) is 7.80. The van der Waals surface area contributed by atoms with Gasteiger partial charge in [-0.25, -0.2) is 12.8 Å². The van der Waals surface area contributed by atoms with E-state index in [0.29, 0.717) is 19.5 Å². The number of hydrogen-bond acceptors (Lipinski definition) is 5. The maximum Gasteiger partial charge on any atom is 0.238 e. The van der Waals surface area contributed by atoms with Crippen molar-refractivity contribution in [3.05, 3.63) is 59.9 Å². The molecular formula is C23H30FN3O3S. The number of halogens is 1. The predicted molar refractivity (Wildman–Crippen MR) is 120 cm³/mol. The number of rotatable bonds is 9. The van der Waals surface area contributed by atoms with Gasteiger partial charge in [-0.05, 0) is 55.3 Å². The Kier molecular flexibility index (Phi) is 8.17. The quantitative estimate of drug-likeness (QED) is 0.599. The van der Waals surface area contributed by atoms with E-state index in [1.165, 1.54) is 24.3 Å². The molecular weight excluding hydrogens is 417 g/mol. The second kappa shape index (κ2) is 10.8. The first-order valence-corrected chi connectivity index (χ1v) is 12.3. The molecule has 1 fully saturated rings. The van der Waals surface area contributed by atoms with Gasteiger partial charge in [-0.1, -0.05) is 25.1 Å². The van der Waals surface area contributed by atoms with E-state index >= 15 is 0 Å². The van der Waals surface area contributed by atoms with Gasteiger partial charge >= 0.3 is 0 Å². The lowest BCUT2D eigenvalue weighted by Crippen LogP contribution is -2.48. The molecule has 3 rings (SSSR count). The maximum atomic E-state index is 13.0. The van der Waals surface area contributed by atoms with Crippen LogP contribution in [-0.4, -0.2) is 69.1 Å². The zero-order chi connectivity index (χ0) is 22.3. The van der Waals surface area contributed by atoms with Crippen LogP contribution in [-0.2, 0) is 21.1 Å². The minimum atomic E-state index is -3.40. The van der Waals surface area contributed by atoms with Crippen LogP contribution in [0, 0.1) is 5.82 Å². The van der Waals surface area contributed by atoms with E-state index in [-0.39, 0.29) is 16.6 Å². The number of para-hydroxylation sites is 1. The van der Waals surface area contributed by atoms with Gasteiger partial charge in [0.15, 0.2) is 9.84 Å². The Hall–Kier alpha value is -2.29. The van der Waals surface area contributed by atoms with Crippen molar-refractivity contribution < 1.29 is 17.6 Å². The van der Waals surface area contributed by atoms with Crippen molar-refractivity contribution in [2.75, 3.05) is 50.3 Å². The lowest BCUT2D eigenvalue weighted by atomic mass is 10.1. The monoisotopic (exact) mass is 447 g/mol. The van der Waals surface area contributed by atoms with Crippen LogP contribution in [0.5, 0.6) is 0 Å². The first-order chi connectivity index (χ1) is 14.9. The van der Waals surface area contributed by atoms with E-state index in [2.05, 4.69) is 22.0 Å². The molecule has 168 valence electrons. The Morgan fingerprint density at radius 3 is 2.32 bits per heavy atom. The maximum absolute atomic E-state index is 13.0. The Bertz CT molecular complexity index is 972. The van der Waals surface area contributed by atoms with Gasteiger partial charge in [0.2, 0.25) is 5.91 Å². The van der Waals surface area contributed by atoms with Crippen LogP contribution in [0.15, 0.2) is 53.4 Å². The van der Waals surface area contributed by atoms with Crippen LogP contribution in [0.1, 0.15) is 18.9 Å². The van der Waals surface area contributed by atoms with Gasteiger partial charge in [-0.3, -0.25) is 9.69 Å². The number of carbonyl (C=O) groups is 1. The van der Waals surface area contributed by atoms with Gasteiger partial charge in [0.05, 0.1) is 17.2 Å². The number of aryl methyl sites for hydroxylation is 1. The summed E-state index contributed by atoms with van der Waals surface area (Å²) in [6, 6.07) is 12.8. The van der Waals surface area contributed by atoms with E-state index < -0.39 is 15.7 Å². The lowest BCUT2D eigenvalue weighted by molar-refractivity contribution is -0.117. The molecule has 0 aliphatic carbocycles. The Morgan fingerprint density at radius 1 is 1.00 bits per heavy atom. The SMILES string of the molecule is CCc1ccccc1NC(=O)CN1CCN(CCCS(=O)(=O)c2ccc(F)cc2)CC1. The Balaban J connectivity index is 1.38. The van der Waals surface area contributed by atoms with Gasteiger partial charge in [-0.15, -0.1) is 0 Å². The summed E-state index contributed by atoms with van der Waals surface area (Å²) in [6.07, 6.45) is 1.39. The molecule has 2 aromatic carbocycles. The van der Waals surface area contributed by atoms with Crippen molar-refractivity contribution in [2.45, 2.75) is 24.7 Å². The zero-order valence-corrected chi connectivity index (χ0v) is 18.7. The molecule has 8 heteroatoms. The zero-order valence-electron chi connectivity index (χ0n) is 17.9. The molecule has 1 aliphatic rings. The normalized spacial score (nSPS) is 15.7. The van der Waals surface area contributed by atoms with Crippen LogP contribution >= 0.6 is 0 Å². The number of nitrogens with one attached hydrogen (secondary N) is 1. The van der Waals surface area contributed by atoms with E-state index in [4.69, 9.17) is 0 Å². The highest BCUT2D eigenvalue weighted by Crippen LogP contribution is 2.16. The van der Waals surface area contributed by atoms with Gasteiger partial charge in [0.1, 0.15) is 5.82 Å². The molecule has 6 nitrogen and oxygen atoms in total. The Labute approximate surface area is 184 Å². The molecule has 0 atom stereocenters. The fourth-order valence-electron chi connectivity index (χ4n) is 3.75. The van der Waals surface area contributed by atoms with Crippen LogP contribution in [0.2, 0.25) is 0 Å². The van der Waals surface area contributed by atoms with Crippen molar-refractivity contribution in [3.63, 3.8) is 0 Å². The van der Waals surface area contributed by atoms with Crippen molar-refractivity contribution in [1.82, 2.24) is 9.80 Å². The van der Waals surface area contributed by atoms with Crippen LogP contribution in [0.25, 0.3) is 0 Å². The summed E-state index contributed by atoms with van der Waals surface area (Å²) >= 11 is 0. The molecule has 1 amide bonds. The smallest absolute Gasteiger partial charge is 0.238 e. The number of hydrogen-bond donors (Lipinski definition) is 1. The third-order valence-electron chi connectivity index (χ3n) is 5.56.